The third kappa shape index (κ3) is 69.3. The van der Waals surface area contributed by atoms with Gasteiger partial charge < -0.3 is 14.2 Å². The van der Waals surface area contributed by atoms with E-state index in [-0.39, 0.29) is 31.1 Å². The summed E-state index contributed by atoms with van der Waals surface area (Å²) in [6.07, 6.45) is 94.7. The summed E-state index contributed by atoms with van der Waals surface area (Å²) in [4.78, 5) is 38.4. The van der Waals surface area contributed by atoms with Gasteiger partial charge in [0.2, 0.25) is 0 Å². The van der Waals surface area contributed by atoms with Crippen molar-refractivity contribution >= 4 is 17.9 Å². The van der Waals surface area contributed by atoms with Gasteiger partial charge in [-0.3, -0.25) is 14.4 Å². The summed E-state index contributed by atoms with van der Waals surface area (Å²) < 4.78 is 17.0. The van der Waals surface area contributed by atoms with Gasteiger partial charge in [-0.05, 0) is 96.3 Å². The topological polar surface area (TPSA) is 78.9 Å². The Morgan fingerprint density at radius 3 is 0.759 bits per heavy atom. The molecule has 0 saturated heterocycles. The zero-order valence-corrected chi connectivity index (χ0v) is 55.2. The van der Waals surface area contributed by atoms with E-state index < -0.39 is 6.10 Å². The van der Waals surface area contributed by atoms with Crippen LogP contribution in [-0.4, -0.2) is 37.2 Å². The Bertz CT molecular complexity index is 1570. The molecule has 0 N–H and O–H groups in total. The van der Waals surface area contributed by atoms with E-state index in [1.807, 2.05) is 0 Å². The number of carbonyl (C=O) groups is 3. The fourth-order valence-electron chi connectivity index (χ4n) is 10.5. The van der Waals surface area contributed by atoms with Crippen LogP contribution in [0.2, 0.25) is 0 Å². The van der Waals surface area contributed by atoms with Crippen LogP contribution in [0.3, 0.4) is 0 Å². The van der Waals surface area contributed by atoms with E-state index in [0.29, 0.717) is 19.3 Å². The number of hydrogen-bond acceptors (Lipinski definition) is 6. The molecule has 0 heterocycles. The highest BCUT2D eigenvalue weighted by molar-refractivity contribution is 5.71. The van der Waals surface area contributed by atoms with Crippen LogP contribution in [-0.2, 0) is 28.6 Å². The molecule has 0 aliphatic carbocycles. The Balaban J connectivity index is 4.19. The fraction of sp³-hybridized carbons (Fsp3) is 0.779. The van der Waals surface area contributed by atoms with E-state index >= 15 is 0 Å². The van der Waals surface area contributed by atoms with Gasteiger partial charge in [-0.1, -0.05) is 337 Å². The van der Waals surface area contributed by atoms with Crippen molar-refractivity contribution < 1.29 is 28.6 Å². The predicted octanol–water partition coefficient (Wildman–Crippen LogP) is 25.0. The summed E-state index contributed by atoms with van der Waals surface area (Å²) in [6.45, 7) is 6.55. The highest BCUT2D eigenvalue weighted by Crippen LogP contribution is 2.18. The van der Waals surface area contributed by atoms with E-state index in [9.17, 15) is 14.4 Å². The highest BCUT2D eigenvalue weighted by Gasteiger charge is 2.19. The van der Waals surface area contributed by atoms with Crippen LogP contribution < -0.4 is 0 Å². The molecule has 6 heteroatoms. The molecule has 0 aliphatic rings. The molecule has 0 fully saturated rings. The quantitative estimate of drug-likeness (QED) is 0.0261. The molecule has 0 saturated carbocycles. The largest absolute Gasteiger partial charge is 0.462 e. The number of rotatable bonds is 66. The van der Waals surface area contributed by atoms with E-state index in [0.717, 1.165) is 103 Å². The standard InChI is InChI=1S/C77H136O6/c1-4-7-10-13-16-19-22-25-28-30-31-32-33-34-35-36-37-38-39-40-41-42-43-44-45-47-49-52-55-58-61-64-67-70-76(79)82-73-74(72-81-75(78)69-66-63-60-57-54-51-48-27-24-21-18-15-12-9-6-3)83-77(80)71-68-65-62-59-56-53-50-46-29-26-23-20-17-14-11-8-5-2/h7,10,16-17,19-20,25-26,28-29,31-32,34-35,74H,4-6,8-9,11-15,18,21-24,27,30,33,36-73H2,1-3H3/b10-7-,19-16-,20-17-,28-25-,29-26-,32-31-,35-34-. The van der Waals surface area contributed by atoms with Gasteiger partial charge in [0.15, 0.2) is 6.10 Å². The third-order valence-corrected chi connectivity index (χ3v) is 15.9. The van der Waals surface area contributed by atoms with Gasteiger partial charge in [0, 0.05) is 19.3 Å². The number of ether oxygens (including phenoxy) is 3. The summed E-state index contributed by atoms with van der Waals surface area (Å²) in [6, 6.07) is 0. The molecule has 0 aliphatic heterocycles. The van der Waals surface area contributed by atoms with Crippen LogP contribution in [0.4, 0.5) is 0 Å². The second kappa shape index (κ2) is 71.1. The first kappa shape index (κ1) is 79.6. The summed E-state index contributed by atoms with van der Waals surface area (Å²) in [7, 11) is 0. The molecular weight excluding hydrogens is 1020 g/mol. The van der Waals surface area contributed by atoms with Crippen LogP contribution in [0.25, 0.3) is 0 Å². The van der Waals surface area contributed by atoms with Crippen molar-refractivity contribution in [1.29, 1.82) is 0 Å². The molecule has 0 radical (unpaired) electrons. The lowest BCUT2D eigenvalue weighted by atomic mass is 10.0. The monoisotopic (exact) mass is 1160 g/mol. The zero-order chi connectivity index (χ0) is 59.9. The van der Waals surface area contributed by atoms with Crippen molar-refractivity contribution in [2.45, 2.75) is 374 Å². The minimum absolute atomic E-state index is 0.0736. The lowest BCUT2D eigenvalue weighted by Crippen LogP contribution is -2.30. The van der Waals surface area contributed by atoms with E-state index in [2.05, 4.69) is 106 Å². The maximum atomic E-state index is 12.9. The molecule has 0 bridgehead atoms. The molecule has 0 aromatic carbocycles. The van der Waals surface area contributed by atoms with Gasteiger partial charge in [0.05, 0.1) is 0 Å². The van der Waals surface area contributed by atoms with Gasteiger partial charge in [0.25, 0.3) is 0 Å². The van der Waals surface area contributed by atoms with Crippen LogP contribution in [0.15, 0.2) is 85.1 Å². The molecule has 480 valence electrons. The fourth-order valence-corrected chi connectivity index (χ4v) is 10.5. The summed E-state index contributed by atoms with van der Waals surface area (Å²) in [5.74, 6) is -0.859. The zero-order valence-electron chi connectivity index (χ0n) is 55.2. The molecule has 0 amide bonds. The van der Waals surface area contributed by atoms with Gasteiger partial charge in [-0.2, -0.15) is 0 Å². The van der Waals surface area contributed by atoms with Gasteiger partial charge in [0.1, 0.15) is 13.2 Å². The first-order valence-corrected chi connectivity index (χ1v) is 36.1. The summed E-state index contributed by atoms with van der Waals surface area (Å²) >= 11 is 0. The molecule has 0 rings (SSSR count). The van der Waals surface area contributed by atoms with E-state index in [1.165, 1.54) is 225 Å². The second-order valence-electron chi connectivity index (χ2n) is 24.1. The van der Waals surface area contributed by atoms with Crippen molar-refractivity contribution in [2.24, 2.45) is 0 Å². The average Bonchev–Trinajstić information content (AvgIpc) is 3.49. The molecular formula is C77H136O6. The van der Waals surface area contributed by atoms with Crippen molar-refractivity contribution in [3.05, 3.63) is 85.1 Å². The Hall–Kier alpha value is -3.41. The van der Waals surface area contributed by atoms with Crippen LogP contribution in [0, 0.1) is 0 Å². The molecule has 1 unspecified atom stereocenters. The average molecular weight is 1160 g/mol. The molecule has 83 heavy (non-hydrogen) atoms. The lowest BCUT2D eigenvalue weighted by Gasteiger charge is -2.18. The summed E-state index contributed by atoms with van der Waals surface area (Å²) in [5.41, 5.74) is 0. The first-order valence-electron chi connectivity index (χ1n) is 36.1. The maximum absolute atomic E-state index is 12.9. The van der Waals surface area contributed by atoms with Crippen LogP contribution in [0.1, 0.15) is 367 Å². The molecule has 0 spiro atoms. The van der Waals surface area contributed by atoms with Crippen molar-refractivity contribution in [3.63, 3.8) is 0 Å². The number of unbranched alkanes of at least 4 members (excludes halogenated alkanes) is 41. The smallest absolute Gasteiger partial charge is 0.306 e. The highest BCUT2D eigenvalue weighted by atomic mass is 16.6. The number of allylic oxidation sites excluding steroid dienone is 14. The van der Waals surface area contributed by atoms with E-state index in [1.54, 1.807) is 0 Å². The summed E-state index contributed by atoms with van der Waals surface area (Å²) in [5, 5.41) is 0. The van der Waals surface area contributed by atoms with Crippen molar-refractivity contribution in [3.8, 4) is 0 Å². The predicted molar refractivity (Wildman–Crippen MR) is 362 cm³/mol. The first-order chi connectivity index (χ1) is 41.0. The molecule has 1 atom stereocenters. The molecule has 6 nitrogen and oxygen atoms in total. The maximum Gasteiger partial charge on any atom is 0.306 e. The molecule has 0 aromatic heterocycles. The van der Waals surface area contributed by atoms with Crippen molar-refractivity contribution in [1.82, 2.24) is 0 Å². The number of carbonyl (C=O) groups excluding carboxylic acids is 3. The normalized spacial score (nSPS) is 12.6. The number of hydrogen-bond donors (Lipinski definition) is 0. The molecule has 0 aromatic rings. The van der Waals surface area contributed by atoms with Crippen LogP contribution in [0.5, 0.6) is 0 Å². The second-order valence-corrected chi connectivity index (χ2v) is 24.1. The SMILES string of the molecule is CC/C=C\C/C=C\C/C=C\C/C=C\C/C=C\CCCCCCCCCCCCCCCCCCCC(=O)OCC(COC(=O)CCCCCCCCCCCCCCCCC)OC(=O)CCCCCCCCC/C=C\C/C=C\CCCCC. The Morgan fingerprint density at radius 2 is 0.470 bits per heavy atom. The number of esters is 3. The Kier molecular flexibility index (Phi) is 68.2. The minimum Gasteiger partial charge on any atom is -0.462 e. The minimum atomic E-state index is -0.778. The van der Waals surface area contributed by atoms with Crippen molar-refractivity contribution in [2.75, 3.05) is 13.2 Å². The van der Waals surface area contributed by atoms with E-state index in [4.69, 9.17) is 14.2 Å². The Morgan fingerprint density at radius 1 is 0.253 bits per heavy atom. The van der Waals surface area contributed by atoms with Gasteiger partial charge >= 0.3 is 17.9 Å². The Labute approximate surface area is 515 Å². The van der Waals surface area contributed by atoms with Gasteiger partial charge in [-0.25, -0.2) is 0 Å². The third-order valence-electron chi connectivity index (χ3n) is 15.9. The van der Waals surface area contributed by atoms with Gasteiger partial charge in [-0.15, -0.1) is 0 Å². The van der Waals surface area contributed by atoms with Crippen LogP contribution >= 0.6 is 0 Å². The lowest BCUT2D eigenvalue weighted by molar-refractivity contribution is -0.167.